The fraction of sp³-hybridized carbons (Fsp3) is 0.222. The third kappa shape index (κ3) is 2.12. The molecule has 0 saturated carbocycles. The van der Waals surface area contributed by atoms with Gasteiger partial charge in [-0.2, -0.15) is 0 Å². The van der Waals surface area contributed by atoms with E-state index < -0.39 is 11.8 Å². The highest BCUT2D eigenvalue weighted by atomic mass is 19.1. The van der Waals surface area contributed by atoms with Crippen molar-refractivity contribution >= 4 is 11.7 Å². The van der Waals surface area contributed by atoms with E-state index in [1.165, 1.54) is 19.2 Å². The Labute approximate surface area is 80.9 Å². The van der Waals surface area contributed by atoms with Crippen LogP contribution in [0.15, 0.2) is 12.1 Å². The van der Waals surface area contributed by atoms with E-state index in [0.717, 1.165) is 0 Å². The molecule has 0 aliphatic heterocycles. The van der Waals surface area contributed by atoms with Crippen molar-refractivity contribution in [3.8, 4) is 5.75 Å². The number of hydrogen-bond donors (Lipinski definition) is 2. The maximum Gasteiger partial charge on any atom is 0.316 e. The van der Waals surface area contributed by atoms with Gasteiger partial charge < -0.3 is 15.8 Å². The van der Waals surface area contributed by atoms with Crippen molar-refractivity contribution in [3.05, 3.63) is 23.5 Å². The molecule has 0 aromatic heterocycles. The van der Waals surface area contributed by atoms with Gasteiger partial charge in [0.2, 0.25) is 0 Å². The molecule has 0 bridgehead atoms. The van der Waals surface area contributed by atoms with Gasteiger partial charge in [-0.15, -0.1) is 0 Å². The molecule has 0 unspecified atom stereocenters. The van der Waals surface area contributed by atoms with Crippen LogP contribution in [0.5, 0.6) is 5.75 Å². The van der Waals surface area contributed by atoms with Gasteiger partial charge in [0.15, 0.2) is 11.6 Å². The second-order valence-corrected chi connectivity index (χ2v) is 2.79. The summed E-state index contributed by atoms with van der Waals surface area (Å²) in [5, 5.41) is 2.31. The highest BCUT2D eigenvalue weighted by Gasteiger charge is 2.08. The van der Waals surface area contributed by atoms with Crippen molar-refractivity contribution in [2.45, 2.75) is 6.92 Å². The maximum absolute atomic E-state index is 13.2. The highest BCUT2D eigenvalue weighted by Crippen LogP contribution is 2.24. The number of carbonyl (C=O) groups is 1. The first-order chi connectivity index (χ1) is 6.54. The van der Waals surface area contributed by atoms with Crippen molar-refractivity contribution in [2.24, 2.45) is 5.73 Å². The second kappa shape index (κ2) is 3.95. The monoisotopic (exact) mass is 198 g/mol. The van der Waals surface area contributed by atoms with Gasteiger partial charge in [-0.3, -0.25) is 0 Å². The SMILES string of the molecule is COc1cc(C)c(NC(N)=O)cc1F. The molecular formula is C9H11FN2O2. The highest BCUT2D eigenvalue weighted by molar-refractivity contribution is 5.88. The molecule has 0 aliphatic rings. The molecule has 0 fully saturated rings. The Morgan fingerprint density at radius 1 is 1.57 bits per heavy atom. The molecule has 4 nitrogen and oxygen atoms in total. The zero-order valence-corrected chi connectivity index (χ0v) is 7.93. The summed E-state index contributed by atoms with van der Waals surface area (Å²) in [4.78, 5) is 10.5. The minimum absolute atomic E-state index is 0.137. The van der Waals surface area contributed by atoms with Crippen LogP contribution in [0.3, 0.4) is 0 Å². The molecule has 1 aromatic carbocycles. The summed E-state index contributed by atoms with van der Waals surface area (Å²) in [7, 11) is 1.37. The number of carbonyl (C=O) groups excluding carboxylic acids is 1. The lowest BCUT2D eigenvalue weighted by Crippen LogP contribution is -2.20. The van der Waals surface area contributed by atoms with Crippen LogP contribution in [0.25, 0.3) is 0 Å². The number of methoxy groups -OCH3 is 1. The third-order valence-electron chi connectivity index (χ3n) is 1.76. The summed E-state index contributed by atoms with van der Waals surface area (Å²) in [5.74, 6) is -0.403. The van der Waals surface area contributed by atoms with Crippen molar-refractivity contribution < 1.29 is 13.9 Å². The molecule has 5 heteroatoms. The number of nitrogens with one attached hydrogen (secondary N) is 1. The van der Waals surface area contributed by atoms with E-state index in [-0.39, 0.29) is 5.75 Å². The Balaban J connectivity index is 3.08. The van der Waals surface area contributed by atoms with Gasteiger partial charge in [-0.25, -0.2) is 9.18 Å². The first-order valence-corrected chi connectivity index (χ1v) is 3.95. The molecule has 3 N–H and O–H groups in total. The number of primary amides is 1. The zero-order chi connectivity index (χ0) is 10.7. The number of benzene rings is 1. The molecule has 0 saturated heterocycles. The fourth-order valence-corrected chi connectivity index (χ4v) is 1.08. The molecule has 0 spiro atoms. The van der Waals surface area contributed by atoms with Crippen molar-refractivity contribution in [2.75, 3.05) is 12.4 Å². The Hall–Kier alpha value is -1.78. The number of nitrogens with two attached hydrogens (primary N) is 1. The predicted octanol–water partition coefficient (Wildman–Crippen LogP) is 1.63. The quantitative estimate of drug-likeness (QED) is 0.758. The lowest BCUT2D eigenvalue weighted by Gasteiger charge is -2.08. The smallest absolute Gasteiger partial charge is 0.316 e. The Morgan fingerprint density at radius 2 is 2.21 bits per heavy atom. The van der Waals surface area contributed by atoms with Crippen LogP contribution in [0, 0.1) is 12.7 Å². The molecule has 0 aliphatic carbocycles. The largest absolute Gasteiger partial charge is 0.494 e. The van der Waals surface area contributed by atoms with Crippen LogP contribution >= 0.6 is 0 Å². The number of urea groups is 1. The van der Waals surface area contributed by atoms with Gasteiger partial charge in [0.1, 0.15) is 0 Å². The predicted molar refractivity (Wildman–Crippen MR) is 50.9 cm³/mol. The Morgan fingerprint density at radius 3 is 2.71 bits per heavy atom. The van der Waals surface area contributed by atoms with Gasteiger partial charge >= 0.3 is 6.03 Å². The maximum atomic E-state index is 13.2. The first kappa shape index (κ1) is 10.3. The summed E-state index contributed by atoms with van der Waals surface area (Å²) in [6, 6.07) is 1.93. The summed E-state index contributed by atoms with van der Waals surface area (Å²) < 4.78 is 17.9. The zero-order valence-electron chi connectivity index (χ0n) is 7.93. The van der Waals surface area contributed by atoms with Crippen LogP contribution in [-0.2, 0) is 0 Å². The number of rotatable bonds is 2. The van der Waals surface area contributed by atoms with Gasteiger partial charge in [0.05, 0.1) is 7.11 Å². The van der Waals surface area contributed by atoms with Crippen LogP contribution in [0.2, 0.25) is 0 Å². The lowest BCUT2D eigenvalue weighted by molar-refractivity contribution is 0.259. The minimum atomic E-state index is -0.724. The topological polar surface area (TPSA) is 64.3 Å². The molecule has 0 radical (unpaired) electrons. The third-order valence-corrected chi connectivity index (χ3v) is 1.76. The molecule has 1 rings (SSSR count). The number of hydrogen-bond acceptors (Lipinski definition) is 2. The number of amides is 2. The van der Waals surface area contributed by atoms with E-state index >= 15 is 0 Å². The summed E-state index contributed by atoms with van der Waals surface area (Å²) >= 11 is 0. The van der Waals surface area contributed by atoms with E-state index in [9.17, 15) is 9.18 Å². The molecular weight excluding hydrogens is 187 g/mol. The van der Waals surface area contributed by atoms with Gasteiger partial charge in [-0.1, -0.05) is 0 Å². The summed E-state index contributed by atoms with van der Waals surface area (Å²) in [6.07, 6.45) is 0. The minimum Gasteiger partial charge on any atom is -0.494 e. The lowest BCUT2D eigenvalue weighted by atomic mass is 10.2. The molecule has 1 aromatic rings. The Bertz CT molecular complexity index is 366. The standard InChI is InChI=1S/C9H11FN2O2/c1-5-3-8(14-2)6(10)4-7(5)12-9(11)13/h3-4H,1-2H3,(H3,11,12,13). The molecule has 0 atom stereocenters. The van der Waals surface area contributed by atoms with Gasteiger partial charge in [0, 0.05) is 11.8 Å². The number of anilines is 1. The van der Waals surface area contributed by atoms with E-state index in [4.69, 9.17) is 10.5 Å². The average Bonchev–Trinajstić information content (AvgIpc) is 2.10. The average molecular weight is 198 g/mol. The number of halogens is 1. The number of aryl methyl sites for hydroxylation is 1. The molecule has 14 heavy (non-hydrogen) atoms. The van der Waals surface area contributed by atoms with Gasteiger partial charge in [0.25, 0.3) is 0 Å². The molecule has 2 amide bonds. The molecule has 76 valence electrons. The normalized spacial score (nSPS) is 9.64. The van der Waals surface area contributed by atoms with E-state index in [1.54, 1.807) is 6.92 Å². The Kier molecular flexibility index (Phi) is 2.91. The number of ether oxygens (including phenoxy) is 1. The summed E-state index contributed by atoms with van der Waals surface area (Å²) in [6.45, 7) is 1.72. The van der Waals surface area contributed by atoms with Crippen molar-refractivity contribution in [1.82, 2.24) is 0 Å². The van der Waals surface area contributed by atoms with E-state index in [2.05, 4.69) is 5.32 Å². The molecule has 0 heterocycles. The summed E-state index contributed by atoms with van der Waals surface area (Å²) in [5.41, 5.74) is 5.94. The van der Waals surface area contributed by atoms with Crippen molar-refractivity contribution in [3.63, 3.8) is 0 Å². The van der Waals surface area contributed by atoms with Crippen LogP contribution in [0.1, 0.15) is 5.56 Å². The van der Waals surface area contributed by atoms with Gasteiger partial charge in [-0.05, 0) is 18.6 Å². The second-order valence-electron chi connectivity index (χ2n) is 2.79. The van der Waals surface area contributed by atoms with Crippen LogP contribution in [-0.4, -0.2) is 13.1 Å². The van der Waals surface area contributed by atoms with Crippen LogP contribution < -0.4 is 15.8 Å². The van der Waals surface area contributed by atoms with Crippen LogP contribution in [0.4, 0.5) is 14.9 Å². The van der Waals surface area contributed by atoms with Crippen molar-refractivity contribution in [1.29, 1.82) is 0 Å². The fourth-order valence-electron chi connectivity index (χ4n) is 1.08. The van der Waals surface area contributed by atoms with E-state index in [0.29, 0.717) is 11.3 Å². The first-order valence-electron chi connectivity index (χ1n) is 3.95. The van der Waals surface area contributed by atoms with E-state index in [1.807, 2.05) is 0 Å².